The molecule has 0 radical (unpaired) electrons. The SMILES string of the molecule is CCc1ccc(C(O)CNC(=O)c2cccnc2)cc1. The van der Waals surface area contributed by atoms with Crippen LogP contribution in [0.25, 0.3) is 0 Å². The van der Waals surface area contributed by atoms with Crippen LogP contribution in [0.15, 0.2) is 48.8 Å². The van der Waals surface area contributed by atoms with E-state index in [1.807, 2.05) is 24.3 Å². The van der Waals surface area contributed by atoms with E-state index < -0.39 is 6.10 Å². The first-order chi connectivity index (χ1) is 9.70. The number of nitrogens with one attached hydrogen (secondary N) is 1. The Bertz CT molecular complexity index is 552. The van der Waals surface area contributed by atoms with E-state index >= 15 is 0 Å². The summed E-state index contributed by atoms with van der Waals surface area (Å²) in [4.78, 5) is 15.7. The number of carbonyl (C=O) groups is 1. The lowest BCUT2D eigenvalue weighted by molar-refractivity contribution is 0.0916. The highest BCUT2D eigenvalue weighted by atomic mass is 16.3. The van der Waals surface area contributed by atoms with Crippen LogP contribution >= 0.6 is 0 Å². The highest BCUT2D eigenvalue weighted by Gasteiger charge is 2.10. The molecule has 2 rings (SSSR count). The molecular weight excluding hydrogens is 252 g/mol. The smallest absolute Gasteiger partial charge is 0.252 e. The summed E-state index contributed by atoms with van der Waals surface area (Å²) < 4.78 is 0. The third-order valence-corrected chi connectivity index (χ3v) is 3.15. The van der Waals surface area contributed by atoms with Gasteiger partial charge in [-0.25, -0.2) is 0 Å². The van der Waals surface area contributed by atoms with Crippen LogP contribution in [0.2, 0.25) is 0 Å². The molecule has 0 saturated heterocycles. The first kappa shape index (κ1) is 14.2. The number of amides is 1. The zero-order chi connectivity index (χ0) is 14.4. The Kier molecular flexibility index (Phi) is 4.85. The van der Waals surface area contributed by atoms with Gasteiger partial charge in [-0.3, -0.25) is 9.78 Å². The minimum atomic E-state index is -0.707. The van der Waals surface area contributed by atoms with Gasteiger partial charge in [0, 0.05) is 18.9 Å². The molecule has 1 amide bonds. The average Bonchev–Trinajstić information content (AvgIpc) is 2.53. The molecular formula is C16H18N2O2. The van der Waals surface area contributed by atoms with Crippen molar-refractivity contribution < 1.29 is 9.90 Å². The van der Waals surface area contributed by atoms with Gasteiger partial charge in [0.15, 0.2) is 0 Å². The van der Waals surface area contributed by atoms with E-state index in [1.165, 1.54) is 11.8 Å². The Morgan fingerprint density at radius 2 is 2.05 bits per heavy atom. The van der Waals surface area contributed by atoms with Crippen molar-refractivity contribution in [3.05, 3.63) is 65.5 Å². The molecule has 4 nitrogen and oxygen atoms in total. The van der Waals surface area contributed by atoms with E-state index in [9.17, 15) is 9.90 Å². The molecule has 0 aliphatic heterocycles. The van der Waals surface area contributed by atoms with Gasteiger partial charge in [-0.2, -0.15) is 0 Å². The maximum atomic E-state index is 11.8. The number of carbonyl (C=O) groups excluding carboxylic acids is 1. The monoisotopic (exact) mass is 270 g/mol. The number of benzene rings is 1. The Labute approximate surface area is 118 Å². The maximum absolute atomic E-state index is 11.8. The van der Waals surface area contributed by atoms with E-state index in [0.717, 1.165) is 12.0 Å². The molecule has 20 heavy (non-hydrogen) atoms. The number of aromatic nitrogens is 1. The van der Waals surface area contributed by atoms with Gasteiger partial charge in [-0.15, -0.1) is 0 Å². The molecule has 4 heteroatoms. The second-order valence-electron chi connectivity index (χ2n) is 4.56. The van der Waals surface area contributed by atoms with Crippen LogP contribution in [-0.4, -0.2) is 22.5 Å². The van der Waals surface area contributed by atoms with Crippen LogP contribution in [0.5, 0.6) is 0 Å². The lowest BCUT2D eigenvalue weighted by atomic mass is 10.1. The van der Waals surface area contributed by atoms with Gasteiger partial charge in [0.05, 0.1) is 11.7 Å². The predicted octanol–water partition coefficient (Wildman–Crippen LogP) is 2.11. The Balaban J connectivity index is 1.91. The van der Waals surface area contributed by atoms with Crippen molar-refractivity contribution in [2.24, 2.45) is 0 Å². The number of nitrogens with zero attached hydrogens (tertiary/aromatic N) is 1. The number of pyridine rings is 1. The molecule has 0 aliphatic carbocycles. The van der Waals surface area contributed by atoms with Crippen LogP contribution in [0.3, 0.4) is 0 Å². The normalized spacial score (nSPS) is 11.9. The summed E-state index contributed by atoms with van der Waals surface area (Å²) >= 11 is 0. The first-order valence-electron chi connectivity index (χ1n) is 6.66. The molecule has 1 unspecified atom stereocenters. The Morgan fingerprint density at radius 3 is 2.65 bits per heavy atom. The van der Waals surface area contributed by atoms with Crippen LogP contribution in [-0.2, 0) is 6.42 Å². The van der Waals surface area contributed by atoms with Crippen LogP contribution < -0.4 is 5.32 Å². The molecule has 1 aromatic heterocycles. The van der Waals surface area contributed by atoms with Crippen molar-refractivity contribution in [1.29, 1.82) is 0 Å². The molecule has 0 fully saturated rings. The van der Waals surface area contributed by atoms with Crippen LogP contribution in [0, 0.1) is 0 Å². The average molecular weight is 270 g/mol. The summed E-state index contributed by atoms with van der Waals surface area (Å²) in [5.74, 6) is -0.234. The number of hydrogen-bond donors (Lipinski definition) is 2. The molecule has 0 aliphatic rings. The number of hydrogen-bond acceptors (Lipinski definition) is 3. The van der Waals surface area contributed by atoms with Gasteiger partial charge in [-0.1, -0.05) is 31.2 Å². The minimum absolute atomic E-state index is 0.180. The molecule has 1 aromatic carbocycles. The fourth-order valence-electron chi connectivity index (χ4n) is 1.88. The standard InChI is InChI=1S/C16H18N2O2/c1-2-12-5-7-13(8-6-12)15(19)11-18-16(20)14-4-3-9-17-10-14/h3-10,15,19H,2,11H2,1H3,(H,18,20). The topological polar surface area (TPSA) is 62.2 Å². The number of aliphatic hydroxyl groups is 1. The van der Waals surface area contributed by atoms with Gasteiger partial charge in [0.2, 0.25) is 0 Å². The summed E-state index contributed by atoms with van der Waals surface area (Å²) in [5, 5.41) is 12.7. The van der Waals surface area contributed by atoms with E-state index in [0.29, 0.717) is 5.56 Å². The maximum Gasteiger partial charge on any atom is 0.252 e. The van der Waals surface area contributed by atoms with Crippen molar-refractivity contribution in [2.45, 2.75) is 19.4 Å². The van der Waals surface area contributed by atoms with Gasteiger partial charge in [0.25, 0.3) is 5.91 Å². The number of aliphatic hydroxyl groups excluding tert-OH is 1. The van der Waals surface area contributed by atoms with Crippen LogP contribution in [0.4, 0.5) is 0 Å². The Morgan fingerprint density at radius 1 is 1.30 bits per heavy atom. The van der Waals surface area contributed by atoms with Crippen molar-refractivity contribution in [1.82, 2.24) is 10.3 Å². The molecule has 1 heterocycles. The first-order valence-corrected chi connectivity index (χ1v) is 6.66. The molecule has 104 valence electrons. The zero-order valence-corrected chi connectivity index (χ0v) is 11.4. The Hall–Kier alpha value is -2.20. The van der Waals surface area contributed by atoms with E-state index in [1.54, 1.807) is 18.3 Å². The third-order valence-electron chi connectivity index (χ3n) is 3.15. The van der Waals surface area contributed by atoms with E-state index in [2.05, 4.69) is 17.2 Å². The molecule has 0 spiro atoms. The van der Waals surface area contributed by atoms with Crippen LogP contribution in [0.1, 0.15) is 34.5 Å². The molecule has 0 saturated carbocycles. The molecule has 2 N–H and O–H groups in total. The van der Waals surface area contributed by atoms with Gasteiger partial charge < -0.3 is 10.4 Å². The lowest BCUT2D eigenvalue weighted by Crippen LogP contribution is -2.28. The summed E-state index contributed by atoms with van der Waals surface area (Å²) in [7, 11) is 0. The highest BCUT2D eigenvalue weighted by molar-refractivity contribution is 5.93. The highest BCUT2D eigenvalue weighted by Crippen LogP contribution is 2.13. The van der Waals surface area contributed by atoms with Crippen molar-refractivity contribution in [3.8, 4) is 0 Å². The van der Waals surface area contributed by atoms with Crippen molar-refractivity contribution >= 4 is 5.91 Å². The lowest BCUT2D eigenvalue weighted by Gasteiger charge is -2.12. The number of aryl methyl sites for hydroxylation is 1. The second kappa shape index (κ2) is 6.82. The van der Waals surface area contributed by atoms with Crippen molar-refractivity contribution in [2.75, 3.05) is 6.54 Å². The fourth-order valence-corrected chi connectivity index (χ4v) is 1.88. The van der Waals surface area contributed by atoms with Gasteiger partial charge in [-0.05, 0) is 29.7 Å². The fraction of sp³-hybridized carbons (Fsp3) is 0.250. The largest absolute Gasteiger partial charge is 0.387 e. The number of rotatable bonds is 5. The summed E-state index contributed by atoms with van der Waals surface area (Å²) in [5.41, 5.74) is 2.51. The molecule has 2 aromatic rings. The quantitative estimate of drug-likeness (QED) is 0.874. The van der Waals surface area contributed by atoms with Gasteiger partial charge >= 0.3 is 0 Å². The second-order valence-corrected chi connectivity index (χ2v) is 4.56. The van der Waals surface area contributed by atoms with E-state index in [-0.39, 0.29) is 12.5 Å². The van der Waals surface area contributed by atoms with Gasteiger partial charge in [0.1, 0.15) is 0 Å². The summed E-state index contributed by atoms with van der Waals surface area (Å²) in [6.45, 7) is 2.26. The summed E-state index contributed by atoms with van der Waals surface area (Å²) in [6, 6.07) is 11.1. The minimum Gasteiger partial charge on any atom is -0.387 e. The van der Waals surface area contributed by atoms with E-state index in [4.69, 9.17) is 0 Å². The summed E-state index contributed by atoms with van der Waals surface area (Å²) in [6.07, 6.45) is 3.37. The third kappa shape index (κ3) is 3.65. The van der Waals surface area contributed by atoms with Crippen molar-refractivity contribution in [3.63, 3.8) is 0 Å². The zero-order valence-electron chi connectivity index (χ0n) is 11.4. The molecule has 0 bridgehead atoms. The molecule has 1 atom stereocenters. The predicted molar refractivity (Wildman–Crippen MR) is 77.4 cm³/mol.